The summed E-state index contributed by atoms with van der Waals surface area (Å²) in [6, 6.07) is 4.71. The molecule has 0 bridgehead atoms. The Bertz CT molecular complexity index is 678. The van der Waals surface area contributed by atoms with Crippen LogP contribution in [0.2, 0.25) is 0 Å². The lowest BCUT2D eigenvalue weighted by Crippen LogP contribution is -2.21. The number of methoxy groups -OCH3 is 1. The molecule has 0 heterocycles. The summed E-state index contributed by atoms with van der Waals surface area (Å²) >= 11 is 0. The summed E-state index contributed by atoms with van der Waals surface area (Å²) in [6.45, 7) is 4.01. The van der Waals surface area contributed by atoms with Gasteiger partial charge in [-0.1, -0.05) is 24.8 Å². The van der Waals surface area contributed by atoms with Crippen LogP contribution in [0.25, 0.3) is 0 Å². The third-order valence-electron chi connectivity index (χ3n) is 4.12. The number of benzene rings is 1. The normalized spacial score (nSPS) is 12.6. The van der Waals surface area contributed by atoms with E-state index in [1.807, 2.05) is 13.8 Å². The number of nitrogens with two attached hydrogens (primary N) is 1. The third kappa shape index (κ3) is 8.13. The number of hydrogen-bond donors (Lipinski definition) is 1. The molecule has 0 saturated carbocycles. The van der Waals surface area contributed by atoms with Crippen molar-refractivity contribution >= 4 is 11.9 Å². The Hall–Kier alpha value is -2.39. The van der Waals surface area contributed by atoms with Gasteiger partial charge < -0.3 is 15.2 Å². The zero-order valence-corrected chi connectivity index (χ0v) is 15.5. The van der Waals surface area contributed by atoms with Crippen LogP contribution >= 0.6 is 0 Å². The Balaban J connectivity index is 2.53. The van der Waals surface area contributed by atoms with Crippen LogP contribution in [0.15, 0.2) is 18.2 Å². The molecule has 0 radical (unpaired) electrons. The van der Waals surface area contributed by atoms with Crippen LogP contribution in [0.4, 0.5) is 4.39 Å². The smallest absolute Gasteiger partial charge is 0.306 e. The van der Waals surface area contributed by atoms with E-state index >= 15 is 0 Å². The highest BCUT2D eigenvalue weighted by Crippen LogP contribution is 2.17. The zero-order valence-electron chi connectivity index (χ0n) is 15.5. The topological polar surface area (TPSA) is 78.6 Å². The van der Waals surface area contributed by atoms with Crippen molar-refractivity contribution in [3.8, 4) is 11.8 Å². The summed E-state index contributed by atoms with van der Waals surface area (Å²) < 4.78 is 24.4. The van der Waals surface area contributed by atoms with Gasteiger partial charge in [0.15, 0.2) is 0 Å². The van der Waals surface area contributed by atoms with Gasteiger partial charge in [0.25, 0.3) is 0 Å². The predicted octanol–water partition coefficient (Wildman–Crippen LogP) is 2.94. The fourth-order valence-electron chi connectivity index (χ4n) is 2.16. The fourth-order valence-corrected chi connectivity index (χ4v) is 2.16. The molecule has 1 aromatic carbocycles. The Labute approximate surface area is 154 Å². The predicted molar refractivity (Wildman–Crippen MR) is 96.4 cm³/mol. The maximum atomic E-state index is 14.2. The van der Waals surface area contributed by atoms with E-state index in [4.69, 9.17) is 10.5 Å². The first-order valence-corrected chi connectivity index (χ1v) is 8.57. The molecule has 5 nitrogen and oxygen atoms in total. The molecule has 0 aliphatic carbocycles. The van der Waals surface area contributed by atoms with Crippen LogP contribution in [-0.2, 0) is 25.7 Å². The SMILES string of the molecule is COC(=O)CCC#Cc1ccc(CO[C@H](C)[C@@H](C)CCC(N)=O)c(F)c1. The Morgan fingerprint density at radius 3 is 2.62 bits per heavy atom. The number of ether oxygens (including phenoxy) is 2. The summed E-state index contributed by atoms with van der Waals surface area (Å²) in [5.41, 5.74) is 6.13. The minimum absolute atomic E-state index is 0.119. The second-order valence-electron chi connectivity index (χ2n) is 6.18. The summed E-state index contributed by atoms with van der Waals surface area (Å²) in [7, 11) is 1.32. The van der Waals surface area contributed by atoms with Crippen LogP contribution in [0.3, 0.4) is 0 Å². The molecule has 0 spiro atoms. The van der Waals surface area contributed by atoms with Gasteiger partial charge in [0.1, 0.15) is 5.82 Å². The summed E-state index contributed by atoms with van der Waals surface area (Å²) in [5, 5.41) is 0. The molecule has 2 atom stereocenters. The first kappa shape index (κ1) is 21.7. The van der Waals surface area contributed by atoms with Crippen molar-refractivity contribution in [3.05, 3.63) is 35.1 Å². The van der Waals surface area contributed by atoms with E-state index in [0.29, 0.717) is 30.4 Å². The molecule has 26 heavy (non-hydrogen) atoms. The Morgan fingerprint density at radius 1 is 1.27 bits per heavy atom. The van der Waals surface area contributed by atoms with E-state index in [0.717, 1.165) is 0 Å². The van der Waals surface area contributed by atoms with Crippen LogP contribution in [0.1, 0.15) is 50.7 Å². The number of halogens is 1. The maximum absolute atomic E-state index is 14.2. The van der Waals surface area contributed by atoms with Crippen molar-refractivity contribution in [2.24, 2.45) is 11.7 Å². The number of carbonyl (C=O) groups is 2. The largest absolute Gasteiger partial charge is 0.469 e. The van der Waals surface area contributed by atoms with Crippen LogP contribution in [0, 0.1) is 23.6 Å². The van der Waals surface area contributed by atoms with Crippen molar-refractivity contribution in [1.82, 2.24) is 0 Å². The monoisotopic (exact) mass is 363 g/mol. The lowest BCUT2D eigenvalue weighted by atomic mass is 10.00. The van der Waals surface area contributed by atoms with Gasteiger partial charge in [-0.05, 0) is 31.4 Å². The highest BCUT2D eigenvalue weighted by Gasteiger charge is 2.14. The molecule has 2 N–H and O–H groups in total. The van der Waals surface area contributed by atoms with E-state index in [1.54, 1.807) is 12.1 Å². The number of esters is 1. The number of carbonyl (C=O) groups excluding carboxylic acids is 2. The number of rotatable bonds is 9. The van der Waals surface area contributed by atoms with Crippen molar-refractivity contribution in [2.45, 2.75) is 52.2 Å². The molecular weight excluding hydrogens is 337 g/mol. The quantitative estimate of drug-likeness (QED) is 0.540. The fraction of sp³-hybridized carbons (Fsp3) is 0.500. The molecule has 0 aliphatic heterocycles. The standard InChI is InChI=1S/C20H26FNO4/c1-14(8-11-19(22)23)15(2)26-13-17-10-9-16(12-18(17)21)6-4-5-7-20(24)25-3/h9-10,12,14-15H,5,7-8,11,13H2,1-3H3,(H2,22,23)/t14-,15+/m0/s1. The number of primary amides is 1. The van der Waals surface area contributed by atoms with Gasteiger partial charge in [-0.15, -0.1) is 0 Å². The van der Waals surface area contributed by atoms with Crippen LogP contribution in [0.5, 0.6) is 0 Å². The van der Waals surface area contributed by atoms with Crippen molar-refractivity contribution in [2.75, 3.05) is 7.11 Å². The average molecular weight is 363 g/mol. The van der Waals surface area contributed by atoms with Crippen LogP contribution < -0.4 is 5.73 Å². The molecule has 0 aromatic heterocycles. The van der Waals surface area contributed by atoms with E-state index in [1.165, 1.54) is 13.2 Å². The molecule has 0 saturated heterocycles. The summed E-state index contributed by atoms with van der Waals surface area (Å²) in [6.07, 6.45) is 1.40. The van der Waals surface area contributed by atoms with Gasteiger partial charge >= 0.3 is 5.97 Å². The van der Waals surface area contributed by atoms with Crippen molar-refractivity contribution in [3.63, 3.8) is 0 Å². The third-order valence-corrected chi connectivity index (χ3v) is 4.12. The second kappa shape index (κ2) is 11.3. The second-order valence-corrected chi connectivity index (χ2v) is 6.18. The molecule has 1 aromatic rings. The van der Waals surface area contributed by atoms with Gasteiger partial charge in [-0.2, -0.15) is 0 Å². The molecule has 0 aliphatic rings. The van der Waals surface area contributed by atoms with Crippen molar-refractivity contribution < 1.29 is 23.5 Å². The molecule has 0 fully saturated rings. The van der Waals surface area contributed by atoms with Gasteiger partial charge in [0, 0.05) is 24.0 Å². The first-order valence-electron chi connectivity index (χ1n) is 8.57. The van der Waals surface area contributed by atoms with Gasteiger partial charge in [0.2, 0.25) is 5.91 Å². The molecule has 1 rings (SSSR count). The molecule has 6 heteroatoms. The number of hydrogen-bond acceptors (Lipinski definition) is 4. The summed E-state index contributed by atoms with van der Waals surface area (Å²) in [4.78, 5) is 21.8. The highest BCUT2D eigenvalue weighted by molar-refractivity contribution is 5.73. The maximum Gasteiger partial charge on any atom is 0.306 e. The van der Waals surface area contributed by atoms with Crippen LogP contribution in [-0.4, -0.2) is 25.1 Å². The molecule has 142 valence electrons. The first-order chi connectivity index (χ1) is 12.3. The van der Waals surface area contributed by atoms with Gasteiger partial charge in [-0.3, -0.25) is 9.59 Å². The Kier molecular flexibility index (Phi) is 9.38. The number of amides is 1. The minimum Gasteiger partial charge on any atom is -0.469 e. The van der Waals surface area contributed by atoms with E-state index in [-0.39, 0.29) is 42.7 Å². The molecule has 0 unspecified atom stereocenters. The van der Waals surface area contributed by atoms with E-state index < -0.39 is 0 Å². The molecular formula is C20H26FNO4. The van der Waals surface area contributed by atoms with Gasteiger partial charge in [0.05, 0.1) is 26.2 Å². The van der Waals surface area contributed by atoms with Gasteiger partial charge in [-0.25, -0.2) is 4.39 Å². The molecule has 1 amide bonds. The van der Waals surface area contributed by atoms with E-state index in [9.17, 15) is 14.0 Å². The average Bonchev–Trinajstić information content (AvgIpc) is 2.61. The zero-order chi connectivity index (χ0) is 19.5. The summed E-state index contributed by atoms with van der Waals surface area (Å²) in [5.74, 6) is 4.74. The Morgan fingerprint density at radius 2 is 2.00 bits per heavy atom. The van der Waals surface area contributed by atoms with E-state index in [2.05, 4.69) is 16.6 Å². The minimum atomic E-state index is -0.387. The lowest BCUT2D eigenvalue weighted by Gasteiger charge is -2.20. The van der Waals surface area contributed by atoms with Crippen molar-refractivity contribution in [1.29, 1.82) is 0 Å². The highest BCUT2D eigenvalue weighted by atomic mass is 19.1. The lowest BCUT2D eigenvalue weighted by molar-refractivity contribution is -0.140.